The first kappa shape index (κ1) is 27.2. The molecule has 2 aromatic carbocycles. The maximum Gasteiger partial charge on any atom is 0.208 e. The number of hydrogen-bond acceptors (Lipinski definition) is 6. The van der Waals surface area contributed by atoms with E-state index in [1.54, 1.807) is 6.20 Å². The number of aromatic nitrogens is 3. The average Bonchev–Trinajstić information content (AvgIpc) is 3.23. The summed E-state index contributed by atoms with van der Waals surface area (Å²) >= 11 is 6.37. The minimum absolute atomic E-state index is 0.123. The highest BCUT2D eigenvalue weighted by atomic mass is 35.5. The number of pyridine rings is 1. The van der Waals surface area contributed by atoms with Gasteiger partial charge < -0.3 is 19.5 Å². The van der Waals surface area contributed by atoms with E-state index in [2.05, 4.69) is 42.0 Å². The van der Waals surface area contributed by atoms with E-state index in [-0.39, 0.29) is 11.7 Å². The number of rotatable bonds is 9. The maximum atomic E-state index is 12.9. The molecule has 0 aliphatic carbocycles. The molecule has 3 heterocycles. The topological polar surface area (TPSA) is 72.3 Å². The van der Waals surface area contributed by atoms with Gasteiger partial charge in [0.15, 0.2) is 0 Å². The van der Waals surface area contributed by atoms with Gasteiger partial charge in [-0.25, -0.2) is 4.98 Å². The predicted octanol–water partition coefficient (Wildman–Crippen LogP) is 7.12. The second kappa shape index (κ2) is 11.8. The summed E-state index contributed by atoms with van der Waals surface area (Å²) < 4.78 is 8.18. The number of likely N-dealkylation sites (tertiary alicyclic amines) is 1. The van der Waals surface area contributed by atoms with E-state index in [1.165, 1.54) is 0 Å². The van der Waals surface area contributed by atoms with Crippen molar-refractivity contribution >= 4 is 40.1 Å². The third-order valence-electron chi connectivity index (χ3n) is 7.60. The molecule has 0 atom stereocenters. The molecule has 4 aromatic rings. The molecule has 1 aliphatic heterocycles. The van der Waals surface area contributed by atoms with Gasteiger partial charge in [-0.1, -0.05) is 32.4 Å². The van der Waals surface area contributed by atoms with Crippen molar-refractivity contribution in [1.82, 2.24) is 19.4 Å². The largest absolute Gasteiger partial charge is 0.457 e. The van der Waals surface area contributed by atoms with Crippen molar-refractivity contribution in [2.45, 2.75) is 46.0 Å². The first-order chi connectivity index (χ1) is 18.8. The predicted molar refractivity (Wildman–Crippen MR) is 157 cm³/mol. The molecule has 0 bridgehead atoms. The van der Waals surface area contributed by atoms with Gasteiger partial charge in [0.2, 0.25) is 5.95 Å². The number of nitrogens with zero attached hydrogens (tertiary/aromatic N) is 4. The fourth-order valence-corrected chi connectivity index (χ4v) is 5.53. The first-order valence-corrected chi connectivity index (χ1v) is 14.1. The van der Waals surface area contributed by atoms with Crippen LogP contribution < -0.4 is 10.1 Å². The van der Waals surface area contributed by atoms with Crippen molar-refractivity contribution in [2.75, 3.05) is 25.0 Å². The number of piperidine rings is 1. The average molecular weight is 546 g/mol. The van der Waals surface area contributed by atoms with E-state index in [4.69, 9.17) is 21.3 Å². The van der Waals surface area contributed by atoms with E-state index in [1.807, 2.05) is 54.1 Å². The van der Waals surface area contributed by atoms with Crippen LogP contribution >= 0.6 is 11.6 Å². The van der Waals surface area contributed by atoms with Gasteiger partial charge in [0.25, 0.3) is 0 Å². The summed E-state index contributed by atoms with van der Waals surface area (Å²) in [4.78, 5) is 24.5. The molecule has 0 amide bonds. The number of Topliss-reactive ketones (excluding diaryl/α,β-unsaturated/α-hetero) is 1. The molecule has 5 rings (SSSR count). The number of hydrogen-bond donors (Lipinski definition) is 1. The number of anilines is 2. The molecular formula is C31H36ClN5O2. The normalized spacial score (nSPS) is 14.7. The van der Waals surface area contributed by atoms with Crippen molar-refractivity contribution in [3.8, 4) is 11.5 Å². The summed E-state index contributed by atoms with van der Waals surface area (Å²) in [5.74, 6) is 2.78. The lowest BCUT2D eigenvalue weighted by Gasteiger charge is -2.30. The first-order valence-electron chi connectivity index (χ1n) is 13.7. The van der Waals surface area contributed by atoms with Gasteiger partial charge in [0, 0.05) is 48.4 Å². The SMILES string of the molecule is CCN1CCC(C(=O)Cc2cc(Oc3ccc4c(c3)nc(Nc3ccc(Cl)c(C(C)C)c3)n4C)ccn2)CC1. The number of carbonyl (C=O) groups is 1. The fraction of sp³-hybridized carbons (Fsp3) is 0.387. The number of benzene rings is 2. The van der Waals surface area contributed by atoms with Gasteiger partial charge in [0.1, 0.15) is 17.3 Å². The Morgan fingerprint density at radius 2 is 1.87 bits per heavy atom. The molecule has 1 aliphatic rings. The maximum absolute atomic E-state index is 12.9. The zero-order chi connectivity index (χ0) is 27.5. The Morgan fingerprint density at radius 3 is 2.62 bits per heavy atom. The van der Waals surface area contributed by atoms with Crippen LogP contribution in [0.4, 0.5) is 11.6 Å². The number of nitrogens with one attached hydrogen (secondary N) is 1. The molecular weight excluding hydrogens is 510 g/mol. The van der Waals surface area contributed by atoms with Crippen LogP contribution in [0.25, 0.3) is 11.0 Å². The summed E-state index contributed by atoms with van der Waals surface area (Å²) in [5.41, 5.74) is 4.57. The van der Waals surface area contributed by atoms with Crippen molar-refractivity contribution < 1.29 is 9.53 Å². The van der Waals surface area contributed by atoms with E-state index in [0.29, 0.717) is 23.8 Å². The van der Waals surface area contributed by atoms with Crippen molar-refractivity contribution in [2.24, 2.45) is 13.0 Å². The van der Waals surface area contributed by atoms with Crippen molar-refractivity contribution in [3.05, 3.63) is 71.0 Å². The molecule has 204 valence electrons. The Hall–Kier alpha value is -3.42. The third kappa shape index (κ3) is 6.26. The van der Waals surface area contributed by atoms with Gasteiger partial charge in [-0.05, 0) is 80.4 Å². The lowest BCUT2D eigenvalue weighted by molar-refractivity contribution is -0.123. The minimum Gasteiger partial charge on any atom is -0.457 e. The smallest absolute Gasteiger partial charge is 0.208 e. The van der Waals surface area contributed by atoms with Crippen molar-refractivity contribution in [3.63, 3.8) is 0 Å². The summed E-state index contributed by atoms with van der Waals surface area (Å²) in [6.45, 7) is 9.46. The molecule has 1 fully saturated rings. The van der Waals surface area contributed by atoms with Crippen LogP contribution in [0.2, 0.25) is 5.02 Å². The Kier molecular flexibility index (Phi) is 8.19. The Morgan fingerprint density at radius 1 is 1.10 bits per heavy atom. The molecule has 0 spiro atoms. The van der Waals surface area contributed by atoms with Gasteiger partial charge in [0.05, 0.1) is 16.7 Å². The molecule has 2 aromatic heterocycles. The van der Waals surface area contributed by atoms with Gasteiger partial charge >= 0.3 is 0 Å². The second-order valence-electron chi connectivity index (χ2n) is 10.6. The Bertz CT molecular complexity index is 1470. The molecule has 1 saturated heterocycles. The minimum atomic E-state index is 0.123. The molecule has 8 heteroatoms. The monoisotopic (exact) mass is 545 g/mol. The highest BCUT2D eigenvalue weighted by Crippen LogP contribution is 2.31. The van der Waals surface area contributed by atoms with E-state index in [0.717, 1.165) is 71.4 Å². The van der Waals surface area contributed by atoms with Gasteiger partial charge in [-0.3, -0.25) is 9.78 Å². The molecule has 1 N–H and O–H groups in total. The number of ether oxygens (including phenoxy) is 1. The second-order valence-corrected chi connectivity index (χ2v) is 11.0. The zero-order valence-electron chi connectivity index (χ0n) is 23.1. The van der Waals surface area contributed by atoms with Crippen LogP contribution in [0.15, 0.2) is 54.7 Å². The fourth-order valence-electron chi connectivity index (χ4n) is 5.19. The number of fused-ring (bicyclic) bond motifs is 1. The number of carbonyl (C=O) groups excluding carboxylic acids is 1. The Balaban J connectivity index is 1.28. The summed E-state index contributed by atoms with van der Waals surface area (Å²) in [6, 6.07) is 15.5. The van der Waals surface area contributed by atoms with Crippen LogP contribution in [0.1, 0.15) is 50.8 Å². The molecule has 39 heavy (non-hydrogen) atoms. The summed E-state index contributed by atoms with van der Waals surface area (Å²) in [5, 5.41) is 4.19. The number of ketones is 1. The highest BCUT2D eigenvalue weighted by molar-refractivity contribution is 6.31. The van der Waals surface area contributed by atoms with E-state index < -0.39 is 0 Å². The molecule has 7 nitrogen and oxygen atoms in total. The standard InChI is InChI=1S/C31H36ClN5O2/c1-5-37-14-11-21(12-15-37)30(38)18-23-16-25(10-13-33-23)39-24-7-9-29-28(19-24)35-31(36(29)4)34-22-6-8-27(32)26(17-22)20(2)3/h6-10,13,16-17,19-21H,5,11-12,14-15,18H2,1-4H3,(H,34,35). The van der Waals surface area contributed by atoms with Crippen LogP contribution in [-0.2, 0) is 18.3 Å². The molecule has 0 unspecified atom stereocenters. The number of aryl methyl sites for hydroxylation is 1. The van der Waals surface area contributed by atoms with Crippen LogP contribution in [-0.4, -0.2) is 44.9 Å². The number of imidazole rings is 1. The lowest BCUT2D eigenvalue weighted by atomic mass is 9.90. The quantitative estimate of drug-likeness (QED) is 0.241. The van der Waals surface area contributed by atoms with Gasteiger partial charge in [-0.2, -0.15) is 0 Å². The third-order valence-corrected chi connectivity index (χ3v) is 7.94. The van der Waals surface area contributed by atoms with Crippen molar-refractivity contribution in [1.29, 1.82) is 0 Å². The Labute approximate surface area is 235 Å². The van der Waals surface area contributed by atoms with Gasteiger partial charge in [-0.15, -0.1) is 0 Å². The van der Waals surface area contributed by atoms with Crippen LogP contribution in [0.3, 0.4) is 0 Å². The highest BCUT2D eigenvalue weighted by Gasteiger charge is 2.24. The lowest BCUT2D eigenvalue weighted by Crippen LogP contribution is -2.36. The summed E-state index contributed by atoms with van der Waals surface area (Å²) in [6.07, 6.45) is 3.91. The van der Waals surface area contributed by atoms with Crippen LogP contribution in [0.5, 0.6) is 11.5 Å². The zero-order valence-corrected chi connectivity index (χ0v) is 23.8. The van der Waals surface area contributed by atoms with E-state index >= 15 is 0 Å². The summed E-state index contributed by atoms with van der Waals surface area (Å²) in [7, 11) is 1.98. The molecule has 0 radical (unpaired) electrons. The van der Waals surface area contributed by atoms with Crippen LogP contribution in [0, 0.1) is 5.92 Å². The number of halogens is 1. The molecule has 0 saturated carbocycles. The van der Waals surface area contributed by atoms with E-state index in [9.17, 15) is 4.79 Å².